The van der Waals surface area contributed by atoms with E-state index >= 15 is 0 Å². The Hall–Kier alpha value is -1.82. The Kier molecular flexibility index (Phi) is 5.57. The van der Waals surface area contributed by atoms with Gasteiger partial charge in [-0.25, -0.2) is 0 Å². The fraction of sp³-hybridized carbons (Fsp3) is 0.417. The third-order valence-electron chi connectivity index (χ3n) is 2.47. The van der Waals surface area contributed by atoms with Gasteiger partial charge in [-0.05, 0) is 25.5 Å². The van der Waals surface area contributed by atoms with Crippen LogP contribution < -0.4 is 10.1 Å². The van der Waals surface area contributed by atoms with Gasteiger partial charge in [0, 0.05) is 23.6 Å². The van der Waals surface area contributed by atoms with Crippen LogP contribution in [0.15, 0.2) is 18.2 Å². The van der Waals surface area contributed by atoms with Crippen LogP contribution in [0.3, 0.4) is 0 Å². The van der Waals surface area contributed by atoms with Crippen molar-refractivity contribution < 1.29 is 14.5 Å². The van der Waals surface area contributed by atoms with Gasteiger partial charge in [-0.2, -0.15) is 0 Å². The van der Waals surface area contributed by atoms with Crippen molar-refractivity contribution in [3.8, 4) is 5.75 Å². The van der Waals surface area contributed by atoms with E-state index < -0.39 is 4.92 Å². The van der Waals surface area contributed by atoms with Gasteiger partial charge >= 0.3 is 5.69 Å². The summed E-state index contributed by atoms with van der Waals surface area (Å²) in [7, 11) is 1.34. The molecule has 104 valence electrons. The molecule has 0 fully saturated rings. The predicted octanol–water partition coefficient (Wildman–Crippen LogP) is 2.35. The number of alkyl halides is 1. The van der Waals surface area contributed by atoms with E-state index in [1.807, 2.05) is 6.92 Å². The fourth-order valence-corrected chi connectivity index (χ4v) is 1.57. The maximum atomic E-state index is 11.8. The number of halogens is 1. The lowest BCUT2D eigenvalue weighted by Gasteiger charge is -2.07. The number of nitrogens with one attached hydrogen (secondary N) is 1. The predicted molar refractivity (Wildman–Crippen MR) is 71.9 cm³/mol. The van der Waals surface area contributed by atoms with E-state index in [-0.39, 0.29) is 28.3 Å². The van der Waals surface area contributed by atoms with Crippen LogP contribution in [0.2, 0.25) is 0 Å². The summed E-state index contributed by atoms with van der Waals surface area (Å²) in [4.78, 5) is 22.0. The molecular weight excluding hydrogens is 272 g/mol. The Balaban J connectivity index is 2.81. The van der Waals surface area contributed by atoms with Crippen LogP contribution in [0.1, 0.15) is 23.7 Å². The number of nitrogens with zero attached hydrogens (tertiary/aromatic N) is 1. The van der Waals surface area contributed by atoms with Gasteiger partial charge in [0.25, 0.3) is 5.91 Å². The second-order valence-electron chi connectivity index (χ2n) is 3.97. The zero-order valence-electron chi connectivity index (χ0n) is 10.7. The Morgan fingerprint density at radius 1 is 1.58 bits per heavy atom. The van der Waals surface area contributed by atoms with Crippen molar-refractivity contribution in [1.82, 2.24) is 5.32 Å². The van der Waals surface area contributed by atoms with Gasteiger partial charge in [0.05, 0.1) is 12.0 Å². The molecule has 0 aliphatic heterocycles. The average Bonchev–Trinajstić information content (AvgIpc) is 2.37. The second-order valence-corrected chi connectivity index (χ2v) is 4.71. The Morgan fingerprint density at radius 2 is 2.26 bits per heavy atom. The molecule has 1 aromatic rings. The lowest BCUT2D eigenvalue weighted by atomic mass is 10.1. The molecule has 1 N–H and O–H groups in total. The van der Waals surface area contributed by atoms with E-state index in [0.717, 1.165) is 0 Å². The molecule has 1 atom stereocenters. The Morgan fingerprint density at radius 3 is 2.79 bits per heavy atom. The van der Waals surface area contributed by atoms with Gasteiger partial charge in [0.15, 0.2) is 5.75 Å². The third-order valence-corrected chi connectivity index (χ3v) is 2.68. The zero-order chi connectivity index (χ0) is 14.4. The molecule has 7 heteroatoms. The average molecular weight is 287 g/mol. The van der Waals surface area contributed by atoms with Crippen molar-refractivity contribution in [1.29, 1.82) is 0 Å². The molecule has 0 aliphatic carbocycles. The molecule has 0 radical (unpaired) electrons. The van der Waals surface area contributed by atoms with Gasteiger partial charge in [-0.15, -0.1) is 11.6 Å². The van der Waals surface area contributed by atoms with Gasteiger partial charge in [0.2, 0.25) is 0 Å². The Bertz CT molecular complexity index is 477. The number of carbonyl (C=O) groups is 1. The number of hydrogen-bond acceptors (Lipinski definition) is 4. The van der Waals surface area contributed by atoms with Crippen LogP contribution in [-0.4, -0.2) is 29.9 Å². The van der Waals surface area contributed by atoms with Crippen LogP contribution in [0.5, 0.6) is 5.75 Å². The number of amides is 1. The van der Waals surface area contributed by atoms with Gasteiger partial charge in [-0.1, -0.05) is 0 Å². The molecule has 0 saturated carbocycles. The number of hydrogen-bond donors (Lipinski definition) is 1. The van der Waals surface area contributed by atoms with Gasteiger partial charge in [0.1, 0.15) is 0 Å². The van der Waals surface area contributed by atoms with Crippen LogP contribution in [0.25, 0.3) is 0 Å². The molecular formula is C12H15ClN2O4. The number of nitro benzene ring substituents is 1. The quantitative estimate of drug-likeness (QED) is 0.494. The van der Waals surface area contributed by atoms with Crippen LogP contribution in [0, 0.1) is 10.1 Å². The van der Waals surface area contributed by atoms with Crippen LogP contribution >= 0.6 is 11.6 Å². The maximum Gasteiger partial charge on any atom is 0.311 e. The molecule has 0 spiro atoms. The van der Waals surface area contributed by atoms with E-state index in [2.05, 4.69) is 5.32 Å². The topological polar surface area (TPSA) is 81.5 Å². The van der Waals surface area contributed by atoms with Gasteiger partial charge < -0.3 is 10.1 Å². The minimum absolute atomic E-state index is 0.0366. The fourth-order valence-electron chi connectivity index (χ4n) is 1.46. The number of carbonyl (C=O) groups excluding carboxylic acids is 1. The van der Waals surface area contributed by atoms with E-state index in [0.29, 0.717) is 13.0 Å². The largest absolute Gasteiger partial charge is 0.490 e. The molecule has 0 bridgehead atoms. The maximum absolute atomic E-state index is 11.8. The summed E-state index contributed by atoms with van der Waals surface area (Å²) in [6.45, 7) is 2.25. The van der Waals surface area contributed by atoms with Crippen molar-refractivity contribution in [2.75, 3.05) is 13.7 Å². The molecule has 19 heavy (non-hydrogen) atoms. The van der Waals surface area contributed by atoms with Crippen LogP contribution in [-0.2, 0) is 0 Å². The molecule has 1 unspecified atom stereocenters. The first-order valence-corrected chi connectivity index (χ1v) is 6.14. The number of rotatable bonds is 6. The summed E-state index contributed by atoms with van der Waals surface area (Å²) >= 11 is 5.76. The molecule has 0 aliphatic rings. The summed E-state index contributed by atoms with van der Waals surface area (Å²) in [5.41, 5.74) is -0.0180. The molecule has 1 amide bonds. The summed E-state index contributed by atoms with van der Waals surface area (Å²) in [6, 6.07) is 4.07. The van der Waals surface area contributed by atoms with Crippen molar-refractivity contribution >= 4 is 23.2 Å². The Labute approximate surface area is 115 Å². The SMILES string of the molecule is COc1ccc(C(=O)NCCC(C)Cl)cc1[N+](=O)[O-]. The molecule has 0 aromatic heterocycles. The highest BCUT2D eigenvalue weighted by atomic mass is 35.5. The van der Waals surface area contributed by atoms with Crippen molar-refractivity contribution in [3.63, 3.8) is 0 Å². The van der Waals surface area contributed by atoms with E-state index in [4.69, 9.17) is 16.3 Å². The summed E-state index contributed by atoms with van der Waals surface area (Å²) in [5, 5.41) is 13.4. The summed E-state index contributed by atoms with van der Waals surface area (Å²) in [5.74, 6) is -0.251. The highest BCUT2D eigenvalue weighted by Crippen LogP contribution is 2.27. The first-order valence-electron chi connectivity index (χ1n) is 5.70. The van der Waals surface area contributed by atoms with Crippen molar-refractivity contribution in [2.45, 2.75) is 18.7 Å². The van der Waals surface area contributed by atoms with E-state index in [1.165, 1.54) is 25.3 Å². The minimum atomic E-state index is -0.587. The smallest absolute Gasteiger partial charge is 0.311 e. The highest BCUT2D eigenvalue weighted by Gasteiger charge is 2.17. The second kappa shape index (κ2) is 6.94. The number of ether oxygens (including phenoxy) is 1. The first-order chi connectivity index (χ1) is 8.95. The number of benzene rings is 1. The van der Waals surface area contributed by atoms with E-state index in [9.17, 15) is 14.9 Å². The highest BCUT2D eigenvalue weighted by molar-refractivity contribution is 6.20. The lowest BCUT2D eigenvalue weighted by Crippen LogP contribution is -2.25. The monoisotopic (exact) mass is 286 g/mol. The summed E-state index contributed by atoms with van der Waals surface area (Å²) in [6.07, 6.45) is 0.630. The van der Waals surface area contributed by atoms with E-state index in [1.54, 1.807) is 0 Å². The van der Waals surface area contributed by atoms with Crippen LogP contribution in [0.4, 0.5) is 5.69 Å². The van der Waals surface area contributed by atoms with Crippen molar-refractivity contribution in [2.24, 2.45) is 0 Å². The third kappa shape index (κ3) is 4.40. The first kappa shape index (κ1) is 15.2. The summed E-state index contributed by atoms with van der Waals surface area (Å²) < 4.78 is 4.86. The minimum Gasteiger partial charge on any atom is -0.490 e. The molecule has 1 rings (SSSR count). The zero-order valence-corrected chi connectivity index (χ0v) is 11.4. The molecule has 6 nitrogen and oxygen atoms in total. The number of nitro groups is 1. The van der Waals surface area contributed by atoms with Gasteiger partial charge in [-0.3, -0.25) is 14.9 Å². The molecule has 1 aromatic carbocycles. The number of methoxy groups -OCH3 is 1. The molecule has 0 saturated heterocycles. The molecule has 0 heterocycles. The lowest BCUT2D eigenvalue weighted by molar-refractivity contribution is -0.385. The van der Waals surface area contributed by atoms with Crippen molar-refractivity contribution in [3.05, 3.63) is 33.9 Å². The standard InChI is InChI=1S/C12H15ClN2O4/c1-8(13)5-6-14-12(16)9-3-4-11(19-2)10(7-9)15(17)18/h3-4,7-8H,5-6H2,1-2H3,(H,14,16). The normalized spacial score (nSPS) is 11.7.